The van der Waals surface area contributed by atoms with Crippen molar-refractivity contribution in [1.82, 2.24) is 5.32 Å². The Labute approximate surface area is 169 Å². The van der Waals surface area contributed by atoms with Crippen molar-refractivity contribution < 1.29 is 14.3 Å². The van der Waals surface area contributed by atoms with E-state index in [0.29, 0.717) is 18.7 Å². The number of ether oxygens (including phenoxy) is 1. The molecule has 0 saturated carbocycles. The summed E-state index contributed by atoms with van der Waals surface area (Å²) in [7, 11) is 0. The first kappa shape index (κ1) is 22.9. The van der Waals surface area contributed by atoms with Crippen LogP contribution < -0.4 is 10.6 Å². The molecule has 0 radical (unpaired) electrons. The highest BCUT2D eigenvalue weighted by Crippen LogP contribution is 2.16. The molecule has 146 valence electrons. The van der Waals surface area contributed by atoms with Crippen molar-refractivity contribution in [1.29, 1.82) is 0 Å². The molecule has 2 rings (SSSR count). The lowest BCUT2D eigenvalue weighted by Gasteiger charge is -2.18. The number of hydrogen-bond donors (Lipinski definition) is 2. The van der Waals surface area contributed by atoms with Crippen LogP contribution >= 0.6 is 15.9 Å². The maximum Gasteiger partial charge on any atom is 0.319 e. The standard InChI is InChI=1S/C19H21BrN2O3.C2H6/c1-2-25-18(23)13-21-17(11-14-7-4-3-5-8-14)19(24)22-16-10-6-9-15(20)12-16;1-2/h3-10,12,17,21H,2,11,13H2,1H3,(H,22,24);1-2H3. The van der Waals surface area contributed by atoms with E-state index in [1.807, 2.05) is 68.4 Å². The average Bonchev–Trinajstić information content (AvgIpc) is 2.67. The fourth-order valence-corrected chi connectivity index (χ4v) is 2.72. The molecule has 0 aliphatic carbocycles. The van der Waals surface area contributed by atoms with Gasteiger partial charge in [0, 0.05) is 10.2 Å². The zero-order valence-electron chi connectivity index (χ0n) is 16.0. The molecule has 5 nitrogen and oxygen atoms in total. The van der Waals surface area contributed by atoms with Crippen LogP contribution in [0.1, 0.15) is 26.3 Å². The lowest BCUT2D eigenvalue weighted by Crippen LogP contribution is -2.44. The van der Waals surface area contributed by atoms with Crippen molar-refractivity contribution in [2.45, 2.75) is 33.2 Å². The average molecular weight is 435 g/mol. The van der Waals surface area contributed by atoms with Crippen LogP contribution in [0.15, 0.2) is 59.1 Å². The number of rotatable bonds is 8. The molecular weight excluding hydrogens is 408 g/mol. The van der Waals surface area contributed by atoms with E-state index >= 15 is 0 Å². The lowest BCUT2D eigenvalue weighted by atomic mass is 10.1. The molecular formula is C21H27BrN2O3. The minimum atomic E-state index is -0.550. The van der Waals surface area contributed by atoms with Crippen LogP contribution in [0, 0.1) is 0 Å². The zero-order chi connectivity index (χ0) is 20.1. The van der Waals surface area contributed by atoms with Gasteiger partial charge < -0.3 is 10.1 Å². The number of nitrogens with one attached hydrogen (secondary N) is 2. The number of hydrogen-bond acceptors (Lipinski definition) is 4. The minimum absolute atomic E-state index is 0.0166. The Kier molecular flexibility index (Phi) is 11.1. The molecule has 0 spiro atoms. The number of benzene rings is 2. The van der Waals surface area contributed by atoms with Crippen molar-refractivity contribution in [2.24, 2.45) is 0 Å². The number of amides is 1. The third-order valence-corrected chi connectivity index (χ3v) is 3.98. The summed E-state index contributed by atoms with van der Waals surface area (Å²) in [6.07, 6.45) is 0.472. The number of carbonyl (C=O) groups excluding carboxylic acids is 2. The normalized spacial score (nSPS) is 11.0. The summed E-state index contributed by atoms with van der Waals surface area (Å²) in [6.45, 7) is 6.05. The Bertz CT molecular complexity index is 708. The van der Waals surface area contributed by atoms with Crippen LogP contribution in [-0.4, -0.2) is 31.1 Å². The molecule has 0 aliphatic heterocycles. The van der Waals surface area contributed by atoms with E-state index in [4.69, 9.17) is 4.74 Å². The fourth-order valence-electron chi connectivity index (χ4n) is 2.32. The predicted octanol–water partition coefficient (Wildman–Crippen LogP) is 4.18. The van der Waals surface area contributed by atoms with Gasteiger partial charge in [-0.3, -0.25) is 14.9 Å². The summed E-state index contributed by atoms with van der Waals surface area (Å²) < 4.78 is 5.80. The maximum absolute atomic E-state index is 12.7. The van der Waals surface area contributed by atoms with E-state index in [9.17, 15) is 9.59 Å². The van der Waals surface area contributed by atoms with Crippen LogP contribution in [0.5, 0.6) is 0 Å². The lowest BCUT2D eigenvalue weighted by molar-refractivity contribution is -0.142. The molecule has 6 heteroatoms. The SMILES string of the molecule is CC.CCOC(=O)CNC(Cc1ccccc1)C(=O)Nc1cccc(Br)c1. The molecule has 0 saturated heterocycles. The summed E-state index contributed by atoms with van der Waals surface area (Å²) in [6, 6.07) is 16.5. The second-order valence-electron chi connectivity index (χ2n) is 5.43. The molecule has 0 fully saturated rings. The highest BCUT2D eigenvalue weighted by Gasteiger charge is 2.20. The van der Waals surface area contributed by atoms with Crippen molar-refractivity contribution in [2.75, 3.05) is 18.5 Å². The molecule has 0 heterocycles. The smallest absolute Gasteiger partial charge is 0.319 e. The first-order valence-corrected chi connectivity index (χ1v) is 9.87. The topological polar surface area (TPSA) is 67.4 Å². The highest BCUT2D eigenvalue weighted by molar-refractivity contribution is 9.10. The van der Waals surface area contributed by atoms with Crippen molar-refractivity contribution in [3.05, 3.63) is 64.6 Å². The van der Waals surface area contributed by atoms with Gasteiger partial charge in [0.05, 0.1) is 19.2 Å². The highest BCUT2D eigenvalue weighted by atomic mass is 79.9. The Balaban J connectivity index is 0.00000176. The van der Waals surface area contributed by atoms with Crippen LogP contribution in [0.25, 0.3) is 0 Å². The quantitative estimate of drug-likeness (QED) is 0.611. The van der Waals surface area contributed by atoms with Gasteiger partial charge in [-0.05, 0) is 37.1 Å². The molecule has 0 bridgehead atoms. The number of carbonyl (C=O) groups is 2. The number of esters is 1. The maximum atomic E-state index is 12.7. The van der Waals surface area contributed by atoms with E-state index in [1.54, 1.807) is 6.92 Å². The molecule has 0 aromatic heterocycles. The van der Waals surface area contributed by atoms with Gasteiger partial charge in [0.1, 0.15) is 0 Å². The Morgan fingerprint density at radius 1 is 1.07 bits per heavy atom. The van der Waals surface area contributed by atoms with Crippen LogP contribution in [0.3, 0.4) is 0 Å². The molecule has 1 amide bonds. The molecule has 0 aliphatic rings. The third kappa shape index (κ3) is 8.84. The summed E-state index contributed by atoms with van der Waals surface area (Å²) in [5.74, 6) is -0.581. The minimum Gasteiger partial charge on any atom is -0.465 e. The van der Waals surface area contributed by atoms with Gasteiger partial charge in [-0.15, -0.1) is 0 Å². The first-order chi connectivity index (χ1) is 13.1. The van der Waals surface area contributed by atoms with E-state index in [-0.39, 0.29) is 18.4 Å². The second kappa shape index (κ2) is 13.1. The van der Waals surface area contributed by atoms with E-state index in [2.05, 4.69) is 26.6 Å². The van der Waals surface area contributed by atoms with Gasteiger partial charge in [-0.25, -0.2) is 0 Å². The third-order valence-electron chi connectivity index (χ3n) is 3.49. The second-order valence-corrected chi connectivity index (χ2v) is 6.34. The molecule has 2 aromatic rings. The van der Waals surface area contributed by atoms with Crippen LogP contribution in [0.4, 0.5) is 5.69 Å². The van der Waals surface area contributed by atoms with E-state index in [1.165, 1.54) is 0 Å². The molecule has 2 aromatic carbocycles. The Morgan fingerprint density at radius 3 is 2.41 bits per heavy atom. The first-order valence-electron chi connectivity index (χ1n) is 9.08. The van der Waals surface area contributed by atoms with Gasteiger partial charge >= 0.3 is 5.97 Å². The fraction of sp³-hybridized carbons (Fsp3) is 0.333. The molecule has 27 heavy (non-hydrogen) atoms. The summed E-state index contributed by atoms with van der Waals surface area (Å²) in [5, 5.41) is 5.86. The van der Waals surface area contributed by atoms with Crippen LogP contribution in [0.2, 0.25) is 0 Å². The van der Waals surface area contributed by atoms with Gasteiger partial charge in [0.25, 0.3) is 0 Å². The van der Waals surface area contributed by atoms with Gasteiger partial charge in [-0.1, -0.05) is 66.2 Å². The zero-order valence-corrected chi connectivity index (χ0v) is 17.6. The molecule has 2 N–H and O–H groups in total. The van der Waals surface area contributed by atoms with Gasteiger partial charge in [-0.2, -0.15) is 0 Å². The van der Waals surface area contributed by atoms with Crippen LogP contribution in [-0.2, 0) is 20.7 Å². The van der Waals surface area contributed by atoms with Crippen molar-refractivity contribution in [3.63, 3.8) is 0 Å². The number of anilines is 1. The molecule has 1 unspecified atom stereocenters. The van der Waals surface area contributed by atoms with E-state index in [0.717, 1.165) is 10.0 Å². The summed E-state index contributed by atoms with van der Waals surface area (Å²) in [5.41, 5.74) is 1.70. The Hall–Kier alpha value is -2.18. The Morgan fingerprint density at radius 2 is 1.78 bits per heavy atom. The van der Waals surface area contributed by atoms with E-state index < -0.39 is 6.04 Å². The van der Waals surface area contributed by atoms with Gasteiger partial charge in [0.15, 0.2) is 0 Å². The van der Waals surface area contributed by atoms with Crippen molar-refractivity contribution in [3.8, 4) is 0 Å². The largest absolute Gasteiger partial charge is 0.465 e. The number of halogens is 1. The van der Waals surface area contributed by atoms with Crippen molar-refractivity contribution >= 4 is 33.5 Å². The summed E-state index contributed by atoms with van der Waals surface area (Å²) >= 11 is 3.38. The molecule has 1 atom stereocenters. The van der Waals surface area contributed by atoms with Gasteiger partial charge in [0.2, 0.25) is 5.91 Å². The summed E-state index contributed by atoms with van der Waals surface area (Å²) in [4.78, 5) is 24.3. The predicted molar refractivity (Wildman–Crippen MR) is 113 cm³/mol. The monoisotopic (exact) mass is 434 g/mol.